The van der Waals surface area contributed by atoms with Crippen molar-refractivity contribution in [1.29, 1.82) is 0 Å². The first-order chi connectivity index (χ1) is 7.82. The van der Waals surface area contributed by atoms with Gasteiger partial charge >= 0.3 is 0 Å². The predicted octanol–water partition coefficient (Wildman–Crippen LogP) is 2.80. The lowest BCUT2D eigenvalue weighted by Crippen LogP contribution is -2.20. The summed E-state index contributed by atoms with van der Waals surface area (Å²) < 4.78 is 19.2. The largest absolute Gasteiger partial charge is 0.479 e. The molecule has 0 aromatic heterocycles. The third-order valence-electron chi connectivity index (χ3n) is 2.80. The zero-order valence-electron chi connectivity index (χ0n) is 11.5. The van der Waals surface area contributed by atoms with Crippen molar-refractivity contribution in [3.8, 4) is 12.3 Å². The molecule has 17 heavy (non-hydrogen) atoms. The van der Waals surface area contributed by atoms with Crippen LogP contribution in [0.15, 0.2) is 16.7 Å². The monoisotopic (exact) mass is 240 g/mol. The van der Waals surface area contributed by atoms with Gasteiger partial charge in [-0.1, -0.05) is 12.8 Å². The fourth-order valence-corrected chi connectivity index (χ4v) is 0.988. The van der Waals surface area contributed by atoms with E-state index in [0.29, 0.717) is 12.3 Å². The first-order valence-corrected chi connectivity index (χ1v) is 5.47. The number of aliphatic imine (C=N–C) groups is 1. The first-order valence-electron chi connectivity index (χ1n) is 5.47. The van der Waals surface area contributed by atoms with E-state index in [1.54, 1.807) is 18.7 Å². The Labute approximate surface area is 103 Å². The van der Waals surface area contributed by atoms with E-state index in [4.69, 9.17) is 11.2 Å². The van der Waals surface area contributed by atoms with Crippen LogP contribution in [0.25, 0.3) is 0 Å². The smallest absolute Gasteiger partial charge is 0.249 e. The topological polar surface area (TPSA) is 24.8 Å². The molecule has 0 fully saturated rings. The van der Waals surface area contributed by atoms with Crippen molar-refractivity contribution >= 4 is 5.84 Å². The predicted molar refractivity (Wildman–Crippen MR) is 69.2 cm³/mol. The SMILES string of the molecule is C#CC(C)(CC)/C(F)=C(\N=C(C)N(C)C)OC. The van der Waals surface area contributed by atoms with Gasteiger partial charge in [0.25, 0.3) is 0 Å². The molecule has 0 saturated carbocycles. The van der Waals surface area contributed by atoms with Crippen molar-refractivity contribution < 1.29 is 9.13 Å². The quantitative estimate of drug-likeness (QED) is 0.327. The van der Waals surface area contributed by atoms with Gasteiger partial charge in [-0.2, -0.15) is 4.99 Å². The molecule has 0 aliphatic rings. The lowest BCUT2D eigenvalue weighted by atomic mass is 9.87. The Hall–Kier alpha value is -1.50. The van der Waals surface area contributed by atoms with Crippen molar-refractivity contribution in [2.24, 2.45) is 10.4 Å². The lowest BCUT2D eigenvalue weighted by molar-refractivity contribution is 0.247. The standard InChI is InChI=1S/C13H21FN2O/c1-8-13(4,9-2)11(14)12(17-7)15-10(3)16(5)6/h1H,9H2,2-7H3/b12-11-,15-10?. The van der Waals surface area contributed by atoms with E-state index in [0.717, 1.165) is 0 Å². The Bertz CT molecular complexity index is 366. The maximum Gasteiger partial charge on any atom is 0.249 e. The third kappa shape index (κ3) is 3.77. The van der Waals surface area contributed by atoms with Crippen LogP contribution in [-0.4, -0.2) is 31.9 Å². The number of nitrogens with zero attached hydrogens (tertiary/aromatic N) is 2. The van der Waals surface area contributed by atoms with Gasteiger partial charge in [-0.15, -0.1) is 6.42 Å². The summed E-state index contributed by atoms with van der Waals surface area (Å²) in [5.74, 6) is 2.53. The number of rotatable bonds is 4. The summed E-state index contributed by atoms with van der Waals surface area (Å²) >= 11 is 0. The molecule has 4 heteroatoms. The summed E-state index contributed by atoms with van der Waals surface area (Å²) in [5, 5.41) is 0. The van der Waals surface area contributed by atoms with E-state index >= 15 is 0 Å². The second kappa shape index (κ2) is 6.29. The molecule has 0 aromatic rings. The number of amidine groups is 1. The van der Waals surface area contributed by atoms with Crippen LogP contribution in [0.4, 0.5) is 4.39 Å². The fraction of sp³-hybridized carbons (Fsp3) is 0.615. The average Bonchev–Trinajstić information content (AvgIpc) is 2.33. The van der Waals surface area contributed by atoms with Gasteiger partial charge in [0.1, 0.15) is 5.84 Å². The maximum atomic E-state index is 14.2. The van der Waals surface area contributed by atoms with Gasteiger partial charge in [0.2, 0.25) is 5.88 Å². The minimum absolute atomic E-state index is 0.0569. The molecule has 0 N–H and O–H groups in total. The van der Waals surface area contributed by atoms with Crippen LogP contribution in [0, 0.1) is 17.8 Å². The number of allylic oxidation sites excluding steroid dienone is 1. The van der Waals surface area contributed by atoms with Gasteiger partial charge in [-0.25, -0.2) is 4.39 Å². The lowest BCUT2D eigenvalue weighted by Gasteiger charge is -2.21. The number of hydrogen-bond acceptors (Lipinski definition) is 2. The van der Waals surface area contributed by atoms with E-state index in [2.05, 4.69) is 10.9 Å². The van der Waals surface area contributed by atoms with Gasteiger partial charge in [0.15, 0.2) is 5.83 Å². The third-order valence-corrected chi connectivity index (χ3v) is 2.80. The molecule has 1 unspecified atom stereocenters. The highest BCUT2D eigenvalue weighted by Crippen LogP contribution is 2.33. The molecule has 0 saturated heterocycles. The summed E-state index contributed by atoms with van der Waals surface area (Å²) in [6, 6.07) is 0. The van der Waals surface area contributed by atoms with Crippen LogP contribution in [0.1, 0.15) is 27.2 Å². The Kier molecular flexibility index (Phi) is 5.73. The summed E-state index contributed by atoms with van der Waals surface area (Å²) in [7, 11) is 5.03. The second-order valence-corrected chi connectivity index (χ2v) is 4.21. The molecule has 3 nitrogen and oxygen atoms in total. The Morgan fingerprint density at radius 3 is 2.35 bits per heavy atom. The summed E-state index contributed by atoms with van der Waals surface area (Å²) in [6.45, 7) is 5.25. The van der Waals surface area contributed by atoms with Crippen LogP contribution in [-0.2, 0) is 4.74 Å². The van der Waals surface area contributed by atoms with E-state index in [9.17, 15) is 4.39 Å². The summed E-state index contributed by atoms with van der Waals surface area (Å²) in [5.41, 5.74) is -0.971. The van der Waals surface area contributed by atoms with Gasteiger partial charge in [0, 0.05) is 14.1 Å². The highest BCUT2D eigenvalue weighted by Gasteiger charge is 2.29. The number of methoxy groups -OCH3 is 1. The van der Waals surface area contributed by atoms with Gasteiger partial charge in [0.05, 0.1) is 12.5 Å². The van der Waals surface area contributed by atoms with Crippen molar-refractivity contribution in [1.82, 2.24) is 4.90 Å². The van der Waals surface area contributed by atoms with E-state index in [1.165, 1.54) is 7.11 Å². The number of hydrogen-bond donors (Lipinski definition) is 0. The molecule has 0 aliphatic heterocycles. The van der Waals surface area contributed by atoms with Crippen LogP contribution in [0.5, 0.6) is 0 Å². The molecule has 0 radical (unpaired) electrons. The molecule has 0 aliphatic carbocycles. The molecule has 96 valence electrons. The molecule has 1 atom stereocenters. The van der Waals surface area contributed by atoms with E-state index in [1.807, 2.05) is 21.0 Å². The normalized spacial score (nSPS) is 16.7. The highest BCUT2D eigenvalue weighted by atomic mass is 19.1. The highest BCUT2D eigenvalue weighted by molar-refractivity contribution is 5.80. The summed E-state index contributed by atoms with van der Waals surface area (Å²) in [4.78, 5) is 5.86. The zero-order valence-corrected chi connectivity index (χ0v) is 11.5. The molecule has 0 bridgehead atoms. The van der Waals surface area contributed by atoms with Crippen LogP contribution < -0.4 is 0 Å². The van der Waals surface area contributed by atoms with Crippen molar-refractivity contribution in [3.63, 3.8) is 0 Å². The van der Waals surface area contributed by atoms with E-state index < -0.39 is 11.2 Å². The molecule has 0 heterocycles. The van der Waals surface area contributed by atoms with Crippen LogP contribution in [0.3, 0.4) is 0 Å². The number of terminal acetylenes is 1. The summed E-state index contributed by atoms with van der Waals surface area (Å²) in [6.07, 6.45) is 5.85. The molecule has 0 rings (SSSR count). The Morgan fingerprint density at radius 1 is 1.53 bits per heavy atom. The first kappa shape index (κ1) is 15.5. The minimum atomic E-state index is -0.971. The fourth-order valence-electron chi connectivity index (χ4n) is 0.988. The van der Waals surface area contributed by atoms with E-state index in [-0.39, 0.29) is 5.88 Å². The van der Waals surface area contributed by atoms with Crippen LogP contribution in [0.2, 0.25) is 0 Å². The molecular formula is C13H21FN2O. The van der Waals surface area contributed by atoms with Gasteiger partial charge in [-0.05, 0) is 20.3 Å². The molecule has 0 amide bonds. The Morgan fingerprint density at radius 2 is 2.06 bits per heavy atom. The number of ether oxygens (including phenoxy) is 1. The molecule has 0 aromatic carbocycles. The van der Waals surface area contributed by atoms with Crippen LogP contribution >= 0.6 is 0 Å². The van der Waals surface area contributed by atoms with Gasteiger partial charge < -0.3 is 9.64 Å². The number of halogens is 1. The maximum absolute atomic E-state index is 14.2. The van der Waals surface area contributed by atoms with Gasteiger partial charge in [-0.3, -0.25) is 0 Å². The van der Waals surface area contributed by atoms with Crippen molar-refractivity contribution in [3.05, 3.63) is 11.7 Å². The Balaban J connectivity index is 5.51. The zero-order chi connectivity index (χ0) is 13.6. The second-order valence-electron chi connectivity index (χ2n) is 4.21. The molecular weight excluding hydrogens is 219 g/mol. The van der Waals surface area contributed by atoms with Crippen molar-refractivity contribution in [2.45, 2.75) is 27.2 Å². The average molecular weight is 240 g/mol. The minimum Gasteiger partial charge on any atom is -0.479 e. The molecule has 0 spiro atoms. The van der Waals surface area contributed by atoms with Crippen molar-refractivity contribution in [2.75, 3.05) is 21.2 Å².